The summed E-state index contributed by atoms with van der Waals surface area (Å²) in [4.78, 5) is 24.1. The van der Waals surface area contributed by atoms with Crippen molar-refractivity contribution in [2.45, 2.75) is 19.4 Å². The zero-order valence-corrected chi connectivity index (χ0v) is 19.9. The van der Waals surface area contributed by atoms with E-state index >= 15 is 0 Å². The van der Waals surface area contributed by atoms with Crippen molar-refractivity contribution >= 4 is 22.2 Å². The number of H-pyrrole nitrogens is 2. The van der Waals surface area contributed by atoms with Gasteiger partial charge in [-0.2, -0.15) is 5.10 Å². The summed E-state index contributed by atoms with van der Waals surface area (Å²) >= 11 is 0. The van der Waals surface area contributed by atoms with Gasteiger partial charge in [0.25, 0.3) is 0 Å². The Morgan fingerprint density at radius 2 is 1.78 bits per heavy atom. The van der Waals surface area contributed by atoms with Crippen molar-refractivity contribution in [1.29, 1.82) is 0 Å². The van der Waals surface area contributed by atoms with Crippen LogP contribution in [0.1, 0.15) is 18.4 Å². The molecule has 1 fully saturated rings. The summed E-state index contributed by atoms with van der Waals surface area (Å²) in [5.41, 5.74) is 7.28. The first-order chi connectivity index (χ1) is 18.2. The molecule has 1 aromatic carbocycles. The van der Waals surface area contributed by atoms with Crippen LogP contribution in [-0.4, -0.2) is 53.1 Å². The Morgan fingerprint density at radius 1 is 0.892 bits per heavy atom. The number of rotatable bonds is 5. The molecule has 0 radical (unpaired) electrons. The summed E-state index contributed by atoms with van der Waals surface area (Å²) in [7, 11) is 0. The van der Waals surface area contributed by atoms with Gasteiger partial charge in [0.05, 0.1) is 5.39 Å². The van der Waals surface area contributed by atoms with Crippen LogP contribution in [0.5, 0.6) is 0 Å². The minimum Gasteiger partial charge on any atom is -0.321 e. The third kappa shape index (κ3) is 4.03. The average molecular weight is 491 g/mol. The van der Waals surface area contributed by atoms with E-state index in [1.807, 2.05) is 30.7 Å². The first kappa shape index (κ1) is 21.8. The van der Waals surface area contributed by atoms with Gasteiger partial charge in [0.1, 0.15) is 17.0 Å². The van der Waals surface area contributed by atoms with Crippen LogP contribution in [0, 0.1) is 5.82 Å². The number of imidazole rings is 1. The number of nitrogens with one attached hydrogen (secondary N) is 2. The van der Waals surface area contributed by atoms with Crippen LogP contribution in [-0.2, 0) is 6.54 Å². The number of hydrogen-bond donors (Lipinski definition) is 2. The predicted octanol–water partition coefficient (Wildman–Crippen LogP) is 5.36. The molecule has 182 valence electrons. The average Bonchev–Trinajstić information content (AvgIpc) is 3.67. The summed E-state index contributed by atoms with van der Waals surface area (Å²) in [6, 6.07) is 12.6. The van der Waals surface area contributed by atoms with Crippen LogP contribution < -0.4 is 0 Å². The minimum atomic E-state index is -0.297. The molecule has 1 aliphatic rings. The topological polar surface area (TPSA) is 99.3 Å². The molecule has 6 aromatic rings. The fraction of sp³-hybridized carbons (Fsp3) is 0.179. The fourth-order valence-electron chi connectivity index (χ4n) is 5.08. The molecule has 0 spiro atoms. The quantitative estimate of drug-likeness (QED) is 0.338. The zero-order valence-electron chi connectivity index (χ0n) is 19.9. The van der Waals surface area contributed by atoms with Gasteiger partial charge < -0.3 is 4.98 Å². The van der Waals surface area contributed by atoms with Crippen LogP contribution in [0.2, 0.25) is 0 Å². The van der Waals surface area contributed by atoms with E-state index in [0.29, 0.717) is 28.3 Å². The third-order valence-corrected chi connectivity index (χ3v) is 6.89. The second-order valence-corrected chi connectivity index (χ2v) is 9.41. The molecule has 2 N–H and O–H groups in total. The highest BCUT2D eigenvalue weighted by atomic mass is 19.1. The molecule has 0 unspecified atom stereocenters. The summed E-state index contributed by atoms with van der Waals surface area (Å²) in [6.07, 6.45) is 9.86. The summed E-state index contributed by atoms with van der Waals surface area (Å²) < 4.78 is 13.9. The van der Waals surface area contributed by atoms with E-state index in [2.05, 4.69) is 47.2 Å². The number of halogens is 1. The zero-order chi connectivity index (χ0) is 24.8. The number of aromatic amines is 2. The van der Waals surface area contributed by atoms with Crippen molar-refractivity contribution in [3.63, 3.8) is 0 Å². The maximum absolute atomic E-state index is 13.9. The Bertz CT molecular complexity index is 1750. The van der Waals surface area contributed by atoms with Gasteiger partial charge in [-0.05, 0) is 67.4 Å². The van der Waals surface area contributed by atoms with Crippen molar-refractivity contribution in [3.05, 3.63) is 78.6 Å². The number of benzene rings is 1. The molecule has 1 aliphatic heterocycles. The minimum absolute atomic E-state index is 0.297. The Kier molecular flexibility index (Phi) is 5.21. The number of nitrogens with zero attached hydrogens (tertiary/aromatic N) is 6. The van der Waals surface area contributed by atoms with Gasteiger partial charge in [0, 0.05) is 48.0 Å². The molecule has 0 bridgehead atoms. The molecule has 1 saturated heterocycles. The van der Waals surface area contributed by atoms with Gasteiger partial charge in [-0.25, -0.2) is 19.3 Å². The molecule has 0 atom stereocenters. The van der Waals surface area contributed by atoms with Crippen molar-refractivity contribution in [1.82, 2.24) is 40.0 Å². The maximum Gasteiger partial charge on any atom is 0.161 e. The van der Waals surface area contributed by atoms with Gasteiger partial charge in [-0.3, -0.25) is 15.0 Å². The van der Waals surface area contributed by atoms with Crippen molar-refractivity contribution in [2.75, 3.05) is 13.1 Å². The lowest BCUT2D eigenvalue weighted by Crippen LogP contribution is -2.18. The predicted molar refractivity (Wildman–Crippen MR) is 140 cm³/mol. The lowest BCUT2D eigenvalue weighted by atomic mass is 10.1. The Hall–Kier alpha value is -4.50. The van der Waals surface area contributed by atoms with E-state index in [0.717, 1.165) is 47.3 Å². The van der Waals surface area contributed by atoms with Crippen molar-refractivity contribution < 1.29 is 4.39 Å². The normalized spacial score (nSPS) is 14.2. The van der Waals surface area contributed by atoms with Gasteiger partial charge in [-0.1, -0.05) is 12.1 Å². The Labute approximate surface area is 211 Å². The van der Waals surface area contributed by atoms with E-state index in [1.54, 1.807) is 12.3 Å². The lowest BCUT2D eigenvalue weighted by Gasteiger charge is -2.14. The Morgan fingerprint density at radius 3 is 2.68 bits per heavy atom. The molecule has 7 rings (SSSR count). The number of fused-ring (bicyclic) bond motifs is 2. The van der Waals surface area contributed by atoms with E-state index in [-0.39, 0.29) is 5.82 Å². The van der Waals surface area contributed by atoms with Crippen LogP contribution in [0.15, 0.2) is 67.3 Å². The summed E-state index contributed by atoms with van der Waals surface area (Å²) in [5.74, 6) is 0.270. The summed E-state index contributed by atoms with van der Waals surface area (Å²) in [6.45, 7) is 3.19. The molecule has 5 aromatic heterocycles. The van der Waals surface area contributed by atoms with Crippen LogP contribution in [0.25, 0.3) is 56.0 Å². The first-order valence-electron chi connectivity index (χ1n) is 12.3. The van der Waals surface area contributed by atoms with Gasteiger partial charge >= 0.3 is 0 Å². The first-order valence-corrected chi connectivity index (χ1v) is 12.3. The van der Waals surface area contributed by atoms with Crippen LogP contribution >= 0.6 is 0 Å². The van der Waals surface area contributed by atoms with Crippen molar-refractivity contribution in [3.8, 4) is 33.8 Å². The van der Waals surface area contributed by atoms with Gasteiger partial charge in [0.2, 0.25) is 0 Å². The molecular formula is C28H23FN8. The molecule has 0 saturated carbocycles. The standard InChI is InChI=1S/C28H23FN8/c29-21-5-3-4-18(11-21)22-6-7-31-27-24(22)33-28(34-27)25-23-12-20(15-32-26(23)36-35-25)19-10-17(13-30-14-19)16-37-8-1-2-9-37/h3-7,10-15H,1-2,8-9,16H2,(H,31,33,34)(H,32,35,36). The highest BCUT2D eigenvalue weighted by molar-refractivity contribution is 5.96. The maximum atomic E-state index is 13.9. The molecule has 0 aliphatic carbocycles. The molecule has 9 heteroatoms. The Balaban J connectivity index is 1.28. The van der Waals surface area contributed by atoms with Gasteiger partial charge in [-0.15, -0.1) is 0 Å². The monoisotopic (exact) mass is 490 g/mol. The van der Waals surface area contributed by atoms with Crippen molar-refractivity contribution in [2.24, 2.45) is 0 Å². The molecule has 37 heavy (non-hydrogen) atoms. The summed E-state index contributed by atoms with van der Waals surface area (Å²) in [5, 5.41) is 8.36. The highest BCUT2D eigenvalue weighted by Gasteiger charge is 2.18. The largest absolute Gasteiger partial charge is 0.321 e. The molecule has 0 amide bonds. The van der Waals surface area contributed by atoms with Gasteiger partial charge in [0.15, 0.2) is 17.1 Å². The van der Waals surface area contributed by atoms with E-state index < -0.39 is 0 Å². The third-order valence-electron chi connectivity index (χ3n) is 6.89. The lowest BCUT2D eigenvalue weighted by molar-refractivity contribution is 0.331. The SMILES string of the molecule is Fc1cccc(-c2ccnc3[nH]c(-c4n[nH]c5ncc(-c6cncc(CN7CCCC7)c6)cc45)nc23)c1. The number of pyridine rings is 3. The second-order valence-electron chi connectivity index (χ2n) is 9.41. The smallest absolute Gasteiger partial charge is 0.161 e. The highest BCUT2D eigenvalue weighted by Crippen LogP contribution is 2.32. The number of aromatic nitrogens is 7. The molecule has 8 nitrogen and oxygen atoms in total. The second kappa shape index (κ2) is 8.86. The van der Waals surface area contributed by atoms with Crippen LogP contribution in [0.3, 0.4) is 0 Å². The number of hydrogen-bond acceptors (Lipinski definition) is 6. The van der Waals surface area contributed by atoms with E-state index in [9.17, 15) is 4.39 Å². The van der Waals surface area contributed by atoms with E-state index in [4.69, 9.17) is 4.98 Å². The van der Waals surface area contributed by atoms with E-state index in [1.165, 1.54) is 30.5 Å². The van der Waals surface area contributed by atoms with Crippen LogP contribution in [0.4, 0.5) is 4.39 Å². The number of likely N-dealkylation sites (tertiary alicyclic amines) is 1. The molecule has 6 heterocycles. The fourth-order valence-corrected chi connectivity index (χ4v) is 5.08. The molecular weight excluding hydrogens is 467 g/mol.